The quantitative estimate of drug-likeness (QED) is 0.322. The highest BCUT2D eigenvalue weighted by Gasteiger charge is 2.78. The molecule has 4 atom stereocenters. The fraction of sp³-hybridized carbons (Fsp3) is 0.625. The van der Waals surface area contributed by atoms with E-state index in [0.29, 0.717) is 0 Å². The molecule has 6 rings (SSSR count). The number of fused-ring (bicyclic) bond motifs is 2. The van der Waals surface area contributed by atoms with Crippen molar-refractivity contribution in [2.75, 3.05) is 0 Å². The lowest BCUT2D eigenvalue weighted by atomic mass is 10.4. The molecule has 0 aromatic carbocycles. The predicted molar refractivity (Wildman–Crippen MR) is 129 cm³/mol. The number of rotatable bonds is 0. The largest absolute Gasteiger partial charge is 0.0901 e. The Bertz CT molecular complexity index is 646. The summed E-state index contributed by atoms with van der Waals surface area (Å²) in [4.78, 5) is 0. The van der Waals surface area contributed by atoms with Gasteiger partial charge in [0.05, 0.1) is 8.47 Å². The predicted octanol–water partition coefficient (Wildman–Crippen LogP) is 8.62. The van der Waals surface area contributed by atoms with Gasteiger partial charge in [-0.15, -0.1) is 0 Å². The minimum absolute atomic E-state index is 0.902. The van der Waals surface area contributed by atoms with Crippen molar-refractivity contribution in [2.45, 2.75) is 59.5 Å². The minimum Gasteiger partial charge on any atom is -0.0901 e. The third-order valence-corrected chi connectivity index (χ3v) is 39.2. The van der Waals surface area contributed by atoms with Crippen LogP contribution in [0.25, 0.3) is 0 Å². The summed E-state index contributed by atoms with van der Waals surface area (Å²) < 4.78 is 0.877. The Morgan fingerprint density at radius 3 is 1.67 bits per heavy atom. The van der Waals surface area contributed by atoms with Gasteiger partial charge in [-0.25, -0.2) is 0 Å². The normalized spacial score (nSPS) is 48.7. The van der Waals surface area contributed by atoms with E-state index in [1.807, 2.05) is 23.5 Å². The van der Waals surface area contributed by atoms with E-state index in [2.05, 4.69) is 76.6 Å². The maximum Gasteiger partial charge on any atom is 0.0698 e. The summed E-state index contributed by atoms with van der Waals surface area (Å²) in [5, 5.41) is 13.5. The Morgan fingerprint density at radius 2 is 1.17 bits per heavy atom. The van der Waals surface area contributed by atoms with Crippen LogP contribution in [-0.2, 0) is 0 Å². The topological polar surface area (TPSA) is 0 Å². The first-order chi connectivity index (χ1) is 11.7. The van der Waals surface area contributed by atoms with Gasteiger partial charge in [0.2, 0.25) is 0 Å². The SMILES string of the molecule is C1=CSC(=C2SC=CS234(SC2CCCC2S3)SC2CCCC2S4)S1. The van der Waals surface area contributed by atoms with Gasteiger partial charge in [0.25, 0.3) is 0 Å². The molecule has 2 saturated heterocycles. The summed E-state index contributed by atoms with van der Waals surface area (Å²) in [5.74, 6) is 0. The molecule has 4 aliphatic heterocycles. The van der Waals surface area contributed by atoms with E-state index in [1.54, 1.807) is 8.47 Å². The van der Waals surface area contributed by atoms with Gasteiger partial charge in [-0.1, -0.05) is 95.7 Å². The zero-order chi connectivity index (χ0) is 15.9. The van der Waals surface area contributed by atoms with Gasteiger partial charge in [-0.05, 0) is 47.3 Å². The molecule has 24 heavy (non-hydrogen) atoms. The second-order valence-corrected chi connectivity index (χ2v) is 33.2. The molecular formula is C16H20S8. The third-order valence-electron chi connectivity index (χ3n) is 5.67. The summed E-state index contributed by atoms with van der Waals surface area (Å²) in [6.45, 7) is 0. The van der Waals surface area contributed by atoms with Crippen molar-refractivity contribution in [1.29, 1.82) is 0 Å². The monoisotopic (exact) mass is 468 g/mol. The first kappa shape index (κ1) is 16.9. The fourth-order valence-corrected chi connectivity index (χ4v) is 50.4. The average molecular weight is 469 g/mol. The van der Waals surface area contributed by atoms with Crippen LogP contribution in [0.3, 0.4) is 0 Å². The van der Waals surface area contributed by atoms with E-state index in [-0.39, 0.29) is 0 Å². The smallest absolute Gasteiger partial charge is 0.0698 e. The molecule has 1 spiro atoms. The molecule has 0 bridgehead atoms. The molecule has 6 aliphatic rings. The number of hydrogen-bond donors (Lipinski definition) is 0. The Balaban J connectivity index is 1.59. The van der Waals surface area contributed by atoms with Crippen LogP contribution in [0.1, 0.15) is 38.5 Å². The van der Waals surface area contributed by atoms with Gasteiger partial charge in [0.1, 0.15) is 0 Å². The highest BCUT2D eigenvalue weighted by molar-refractivity contribution is 9.85. The summed E-state index contributed by atoms with van der Waals surface area (Å²) in [5.41, 5.74) is 0. The molecule has 4 unspecified atom stereocenters. The van der Waals surface area contributed by atoms with E-state index in [9.17, 15) is 0 Å². The minimum atomic E-state index is -2.51. The Hall–Kier alpha value is 2.02. The van der Waals surface area contributed by atoms with E-state index in [4.69, 9.17) is 0 Å². The van der Waals surface area contributed by atoms with E-state index >= 15 is 0 Å². The first-order valence-corrected chi connectivity index (χ1v) is 19.3. The standard InChI is InChI=1S/C16H20S8/c1-3-11-12(4-1)21-24(20-11,22-13-5-2-6-14(13)23-24)10-9-19-16(24)15-17-7-8-18-15/h7-14H,1-6H2. The zero-order valence-corrected chi connectivity index (χ0v) is 19.7. The maximum atomic E-state index is 2.79. The Labute approximate surface area is 171 Å². The van der Waals surface area contributed by atoms with Crippen molar-refractivity contribution in [2.24, 2.45) is 0 Å². The van der Waals surface area contributed by atoms with Crippen molar-refractivity contribution < 1.29 is 0 Å². The molecule has 0 amide bonds. The molecule has 8 heteroatoms. The maximum absolute atomic E-state index is 2.79. The molecule has 132 valence electrons. The van der Waals surface area contributed by atoms with Crippen LogP contribution in [0, 0.1) is 0 Å². The molecule has 2 aliphatic carbocycles. The second-order valence-electron chi connectivity index (χ2n) is 7.12. The van der Waals surface area contributed by atoms with Gasteiger partial charge < -0.3 is 0 Å². The van der Waals surface area contributed by atoms with Crippen LogP contribution in [0.4, 0.5) is 0 Å². The van der Waals surface area contributed by atoms with Gasteiger partial charge in [-0.3, -0.25) is 0 Å². The second kappa shape index (κ2) is 5.33. The van der Waals surface area contributed by atoms with Crippen LogP contribution in [0.2, 0.25) is 0 Å². The molecular weight excluding hydrogens is 449 g/mol. The highest BCUT2D eigenvalue weighted by atomic mass is 34.1. The molecule has 2 saturated carbocycles. The molecule has 0 radical (unpaired) electrons. The van der Waals surface area contributed by atoms with Crippen LogP contribution in [0.5, 0.6) is 0 Å². The molecule has 4 fully saturated rings. The van der Waals surface area contributed by atoms with Gasteiger partial charge in [0.15, 0.2) is 0 Å². The van der Waals surface area contributed by atoms with E-state index in [1.165, 1.54) is 38.5 Å². The van der Waals surface area contributed by atoms with E-state index in [0.717, 1.165) is 21.0 Å². The number of thioether (sulfide) groups is 3. The Kier molecular flexibility index (Phi) is 3.76. The number of hydrogen-bond acceptors (Lipinski definition) is 7. The molecule has 0 nitrogen and oxygen atoms in total. The van der Waals surface area contributed by atoms with Crippen LogP contribution >= 0.6 is 82.9 Å². The van der Waals surface area contributed by atoms with Gasteiger partial charge in [-0.2, -0.15) is 0 Å². The van der Waals surface area contributed by atoms with Crippen molar-refractivity contribution in [1.82, 2.24) is 0 Å². The lowest BCUT2D eigenvalue weighted by molar-refractivity contribution is 0.890. The summed E-state index contributed by atoms with van der Waals surface area (Å²) >= 11 is 6.07. The van der Waals surface area contributed by atoms with Crippen LogP contribution < -0.4 is 0 Å². The van der Waals surface area contributed by atoms with Crippen molar-refractivity contribution in [3.63, 3.8) is 0 Å². The summed E-state index contributed by atoms with van der Waals surface area (Å²) in [7, 11) is 9.95. The summed E-state index contributed by atoms with van der Waals surface area (Å²) in [6.07, 6.45) is 8.74. The van der Waals surface area contributed by atoms with Crippen molar-refractivity contribution in [3.8, 4) is 0 Å². The van der Waals surface area contributed by atoms with Gasteiger partial charge >= 0.3 is 0 Å². The summed E-state index contributed by atoms with van der Waals surface area (Å²) in [6, 6.07) is 0. The molecule has 4 heterocycles. The molecule has 0 aromatic heterocycles. The lowest BCUT2D eigenvalue weighted by Crippen LogP contribution is -2.13. The third kappa shape index (κ3) is 1.99. The fourth-order valence-electron chi connectivity index (χ4n) is 4.71. The molecule has 0 aromatic rings. The van der Waals surface area contributed by atoms with Crippen molar-refractivity contribution >= 4 is 82.9 Å². The lowest BCUT2D eigenvalue weighted by Gasteiger charge is -2.69. The van der Waals surface area contributed by atoms with Crippen LogP contribution in [-0.4, -0.2) is 21.0 Å². The average Bonchev–Trinajstić information content (AvgIpc) is 3.33. The van der Waals surface area contributed by atoms with Crippen molar-refractivity contribution in [3.05, 3.63) is 30.1 Å². The zero-order valence-electron chi connectivity index (χ0n) is 13.1. The molecule has 0 N–H and O–H groups in total. The van der Waals surface area contributed by atoms with Crippen LogP contribution in [0.15, 0.2) is 30.1 Å². The van der Waals surface area contributed by atoms with Gasteiger partial charge in [0, 0.05) is 21.0 Å². The van der Waals surface area contributed by atoms with E-state index < -0.39 is 4.42 Å². The Morgan fingerprint density at radius 1 is 0.667 bits per heavy atom. The first-order valence-electron chi connectivity index (χ1n) is 8.59. The highest BCUT2D eigenvalue weighted by Crippen LogP contribution is 3.29.